The lowest BCUT2D eigenvalue weighted by Crippen LogP contribution is -2.63. The SMILES string of the molecule is CN(C)c1cc(CN(CC(C)(C)C)C(=O)OCOC(=O)C(C)(C)C)c(O)c2c1C[C@@H]1C[C@H]3[C@H](N(C)C)C(O)=C(C(N)=O)C(=O)[C@@]3(O)C(O)=C1C2=O. The largest absolute Gasteiger partial charge is 0.510 e. The van der Waals surface area contributed by atoms with Crippen molar-refractivity contribution in [1.82, 2.24) is 9.80 Å². The predicted octanol–water partition coefficient (Wildman–Crippen LogP) is 2.72. The van der Waals surface area contributed by atoms with Gasteiger partial charge in [-0.05, 0) is 70.7 Å². The molecule has 280 valence electrons. The molecule has 3 aliphatic rings. The second-order valence-corrected chi connectivity index (χ2v) is 16.2. The summed E-state index contributed by atoms with van der Waals surface area (Å²) in [6.45, 7) is 9.90. The highest BCUT2D eigenvalue weighted by molar-refractivity contribution is 6.25. The van der Waals surface area contributed by atoms with Gasteiger partial charge in [-0.2, -0.15) is 0 Å². The zero-order valence-corrected chi connectivity index (χ0v) is 30.9. The van der Waals surface area contributed by atoms with Crippen molar-refractivity contribution in [3.05, 3.63) is 45.4 Å². The number of aliphatic hydroxyl groups excluding tert-OH is 2. The van der Waals surface area contributed by atoms with Crippen LogP contribution >= 0.6 is 0 Å². The summed E-state index contributed by atoms with van der Waals surface area (Å²) >= 11 is 0. The van der Waals surface area contributed by atoms with E-state index in [1.807, 2.05) is 20.8 Å². The molecule has 0 saturated heterocycles. The summed E-state index contributed by atoms with van der Waals surface area (Å²) in [7, 11) is 6.61. The summed E-state index contributed by atoms with van der Waals surface area (Å²) in [5.41, 5.74) is 1.17. The van der Waals surface area contributed by atoms with Gasteiger partial charge in [0, 0.05) is 43.4 Å². The lowest BCUT2D eigenvalue weighted by molar-refractivity contribution is -0.162. The number of primary amides is 1. The Kier molecular flexibility index (Phi) is 10.4. The minimum atomic E-state index is -2.77. The highest BCUT2D eigenvalue weighted by Gasteiger charge is 2.63. The Hall–Kier alpha value is -4.63. The van der Waals surface area contributed by atoms with Crippen molar-refractivity contribution in [2.45, 2.75) is 72.6 Å². The maximum absolute atomic E-state index is 14.4. The van der Waals surface area contributed by atoms with Crippen LogP contribution in [-0.4, -0.2) is 113 Å². The van der Waals surface area contributed by atoms with Gasteiger partial charge in [0.2, 0.25) is 12.6 Å². The van der Waals surface area contributed by atoms with Gasteiger partial charge in [0.25, 0.3) is 5.91 Å². The van der Waals surface area contributed by atoms with E-state index in [1.54, 1.807) is 59.9 Å². The van der Waals surface area contributed by atoms with E-state index >= 15 is 0 Å². The molecule has 6 N–H and O–H groups in total. The molecule has 3 aliphatic carbocycles. The molecule has 0 unspecified atom stereocenters. The van der Waals surface area contributed by atoms with Crippen LogP contribution in [-0.2, 0) is 36.8 Å². The first-order valence-electron chi connectivity index (χ1n) is 16.6. The van der Waals surface area contributed by atoms with Crippen LogP contribution in [0.25, 0.3) is 0 Å². The van der Waals surface area contributed by atoms with E-state index in [4.69, 9.17) is 15.2 Å². The van der Waals surface area contributed by atoms with E-state index in [-0.39, 0.29) is 42.6 Å². The number of amides is 2. The fraction of sp³-hybridized carbons (Fsp3) is 0.583. The number of benzene rings is 1. The van der Waals surface area contributed by atoms with Crippen LogP contribution in [0, 0.1) is 22.7 Å². The van der Waals surface area contributed by atoms with E-state index in [2.05, 4.69) is 0 Å². The first kappa shape index (κ1) is 39.2. The molecule has 0 heterocycles. The summed E-state index contributed by atoms with van der Waals surface area (Å²) < 4.78 is 10.4. The third-order valence-corrected chi connectivity index (χ3v) is 9.53. The average molecular weight is 715 g/mol. The molecule has 51 heavy (non-hydrogen) atoms. The number of ketones is 2. The number of phenolic OH excluding ortho intramolecular Hbond substituents is 1. The van der Waals surface area contributed by atoms with Crippen molar-refractivity contribution in [3.8, 4) is 5.75 Å². The van der Waals surface area contributed by atoms with Crippen molar-refractivity contribution in [1.29, 1.82) is 0 Å². The lowest BCUT2D eigenvalue weighted by Gasteiger charge is -2.50. The highest BCUT2D eigenvalue weighted by atomic mass is 16.7. The van der Waals surface area contributed by atoms with Crippen molar-refractivity contribution in [2.24, 2.45) is 28.4 Å². The zero-order valence-electron chi connectivity index (χ0n) is 30.9. The third kappa shape index (κ3) is 7.01. The fourth-order valence-corrected chi connectivity index (χ4v) is 7.28. The predicted molar refractivity (Wildman–Crippen MR) is 185 cm³/mol. The molecule has 0 aromatic heterocycles. The molecule has 0 saturated carbocycles. The van der Waals surface area contributed by atoms with Crippen molar-refractivity contribution in [2.75, 3.05) is 46.4 Å². The maximum Gasteiger partial charge on any atom is 0.412 e. The number of carbonyl (C=O) groups is 5. The van der Waals surface area contributed by atoms with Gasteiger partial charge in [-0.1, -0.05) is 20.8 Å². The van der Waals surface area contributed by atoms with Crippen LogP contribution < -0.4 is 10.6 Å². The molecular weight excluding hydrogens is 664 g/mol. The summed E-state index contributed by atoms with van der Waals surface area (Å²) in [5, 5.41) is 46.4. The Morgan fingerprint density at radius 1 is 1.00 bits per heavy atom. The number of nitrogens with zero attached hydrogens (tertiary/aromatic N) is 3. The Balaban J connectivity index is 1.81. The zero-order chi connectivity index (χ0) is 38.7. The Morgan fingerprint density at radius 2 is 1.61 bits per heavy atom. The number of esters is 1. The van der Waals surface area contributed by atoms with Gasteiger partial charge in [-0.25, -0.2) is 4.79 Å². The Labute approximate surface area is 297 Å². The number of phenols is 1. The Morgan fingerprint density at radius 3 is 2.12 bits per heavy atom. The number of carbonyl (C=O) groups excluding carboxylic acids is 5. The molecular formula is C36H50N4O11. The number of fused-ring (bicyclic) bond motifs is 3. The molecule has 1 aromatic rings. The molecule has 2 amide bonds. The topological polar surface area (TPSA) is 220 Å². The van der Waals surface area contributed by atoms with Crippen LogP contribution in [0.2, 0.25) is 0 Å². The standard InChI is InChI=1S/C36H50N4O11/c1-34(2,3)15-40(33(48)51-16-50-32(47)35(4,5)6)14-18-13-21(38(7)8)19-11-17-12-20-25(39(9)10)28(43)24(31(37)46)30(45)36(20,49)29(44)22(17)27(42)23(19)26(18)41/h13,17,20,25,41,43-44,49H,11-12,14-16H2,1-10H3,(H2,37,46)/t17-,20+,25+,36+/m1/s1. The quantitative estimate of drug-likeness (QED) is 0.149. The number of allylic oxidation sites excluding steroid dienone is 1. The Bertz CT molecular complexity index is 1730. The first-order valence-corrected chi connectivity index (χ1v) is 16.6. The number of ether oxygens (including phenoxy) is 2. The molecule has 15 nitrogen and oxygen atoms in total. The van der Waals surface area contributed by atoms with Crippen LogP contribution in [0.1, 0.15) is 69.4 Å². The van der Waals surface area contributed by atoms with Crippen molar-refractivity contribution in [3.63, 3.8) is 0 Å². The lowest BCUT2D eigenvalue weighted by atomic mass is 9.58. The number of aromatic hydroxyl groups is 1. The van der Waals surface area contributed by atoms with Gasteiger partial charge in [0.05, 0.1) is 23.6 Å². The average Bonchev–Trinajstić information content (AvgIpc) is 2.98. The van der Waals surface area contributed by atoms with Gasteiger partial charge in [0.15, 0.2) is 11.4 Å². The van der Waals surface area contributed by atoms with Gasteiger partial charge in [-0.3, -0.25) is 24.1 Å². The number of Topliss-reactive ketones (excluding diaryl/α,β-unsaturated/α-hetero) is 2. The summed E-state index contributed by atoms with van der Waals surface area (Å²) in [6.07, 6.45) is -0.787. The van der Waals surface area contributed by atoms with Gasteiger partial charge >= 0.3 is 12.1 Å². The number of hydrogen-bond donors (Lipinski definition) is 5. The molecule has 0 radical (unpaired) electrons. The second-order valence-electron chi connectivity index (χ2n) is 16.2. The number of anilines is 1. The minimum absolute atomic E-state index is 0.0495. The van der Waals surface area contributed by atoms with Gasteiger partial charge in [0.1, 0.15) is 22.8 Å². The summed E-state index contributed by atoms with van der Waals surface area (Å²) in [5.74, 6) is -8.04. The molecule has 0 spiro atoms. The number of likely N-dealkylation sites (N-methyl/N-ethyl adjacent to an activating group) is 1. The van der Waals surface area contributed by atoms with Crippen LogP contribution in [0.3, 0.4) is 0 Å². The first-order chi connectivity index (χ1) is 23.3. The maximum atomic E-state index is 14.4. The van der Waals surface area contributed by atoms with Crippen LogP contribution in [0.4, 0.5) is 10.5 Å². The van der Waals surface area contributed by atoms with E-state index in [1.165, 1.54) is 9.80 Å². The van der Waals surface area contributed by atoms with E-state index in [0.717, 1.165) is 0 Å². The summed E-state index contributed by atoms with van der Waals surface area (Å²) in [6, 6.07) is 0.545. The fourth-order valence-electron chi connectivity index (χ4n) is 7.28. The molecule has 0 fully saturated rings. The number of rotatable bonds is 8. The molecule has 0 bridgehead atoms. The van der Waals surface area contributed by atoms with Gasteiger partial charge < -0.3 is 45.4 Å². The monoisotopic (exact) mass is 714 g/mol. The molecule has 4 atom stereocenters. The molecule has 4 rings (SSSR count). The van der Waals surface area contributed by atoms with E-state index in [0.29, 0.717) is 11.3 Å². The summed E-state index contributed by atoms with van der Waals surface area (Å²) in [4.78, 5) is 70.4. The van der Waals surface area contributed by atoms with E-state index < -0.39 is 93.5 Å². The number of aliphatic hydroxyl groups is 3. The van der Waals surface area contributed by atoms with Crippen molar-refractivity contribution >= 4 is 35.2 Å². The van der Waals surface area contributed by atoms with E-state index in [9.17, 15) is 44.4 Å². The van der Waals surface area contributed by atoms with Crippen LogP contribution in [0.5, 0.6) is 5.75 Å². The van der Waals surface area contributed by atoms with Crippen molar-refractivity contribution < 1.29 is 53.9 Å². The highest BCUT2D eigenvalue weighted by Crippen LogP contribution is 2.53. The number of hydrogen-bond acceptors (Lipinski definition) is 13. The molecule has 0 aliphatic heterocycles. The minimum Gasteiger partial charge on any atom is -0.510 e. The third-order valence-electron chi connectivity index (χ3n) is 9.53. The van der Waals surface area contributed by atoms with Crippen LogP contribution in [0.15, 0.2) is 28.7 Å². The smallest absolute Gasteiger partial charge is 0.412 e. The van der Waals surface area contributed by atoms with Gasteiger partial charge in [-0.15, -0.1) is 0 Å². The molecule has 1 aromatic carbocycles. The number of nitrogens with two attached hydrogens (primary N) is 1. The normalized spacial score (nSPS) is 23.4. The second kappa shape index (κ2) is 13.5. The molecule has 15 heteroatoms.